The second kappa shape index (κ2) is 6.65. The predicted molar refractivity (Wildman–Crippen MR) is 89.1 cm³/mol. The van der Waals surface area contributed by atoms with Crippen molar-refractivity contribution in [1.82, 2.24) is 4.90 Å². The Balaban J connectivity index is 2.03. The molecule has 1 fully saturated rings. The maximum absolute atomic E-state index is 12.2. The molecule has 1 amide bonds. The first-order chi connectivity index (χ1) is 9.85. The van der Waals surface area contributed by atoms with Crippen molar-refractivity contribution in [2.45, 2.75) is 45.3 Å². The van der Waals surface area contributed by atoms with E-state index in [4.69, 9.17) is 4.74 Å². The fourth-order valence-corrected chi connectivity index (χ4v) is 2.79. The minimum absolute atomic E-state index is 0.124. The molecule has 0 bridgehead atoms. The highest BCUT2D eigenvalue weighted by Gasteiger charge is 2.30. The van der Waals surface area contributed by atoms with E-state index in [1.807, 2.05) is 43.9 Å². The van der Waals surface area contributed by atoms with Gasteiger partial charge in [-0.1, -0.05) is 40.2 Å². The number of carbonyl (C=O) groups is 1. The second-order valence-electron chi connectivity index (χ2n) is 6.30. The first-order valence-corrected chi connectivity index (χ1v) is 8.08. The molecule has 0 radical (unpaired) electrons. The maximum atomic E-state index is 12.2. The Bertz CT molecular complexity index is 534. The fraction of sp³-hybridized carbons (Fsp3) is 0.471. The maximum Gasteiger partial charge on any atom is 0.410 e. The minimum atomic E-state index is -0.446. The zero-order chi connectivity index (χ0) is 15.5. The standard InChI is InChI=1S/C17H22BrNO2/c1-17(2,3)21-16(20)19-11-5-8-15(19)10-9-13-6-4-7-14(18)12-13/h4,6-7,9-10,12,15H,5,8,11H2,1-3H3/b10-9+. The van der Waals surface area contributed by atoms with E-state index in [0.717, 1.165) is 29.4 Å². The highest BCUT2D eigenvalue weighted by Crippen LogP contribution is 2.23. The van der Waals surface area contributed by atoms with E-state index in [1.165, 1.54) is 0 Å². The summed E-state index contributed by atoms with van der Waals surface area (Å²) in [5, 5.41) is 0. The Hall–Kier alpha value is -1.29. The number of hydrogen-bond acceptors (Lipinski definition) is 2. The third-order valence-corrected chi connectivity index (χ3v) is 3.78. The van der Waals surface area contributed by atoms with E-state index in [2.05, 4.69) is 34.1 Å². The van der Waals surface area contributed by atoms with Gasteiger partial charge in [0.2, 0.25) is 0 Å². The number of ether oxygens (including phenoxy) is 1. The van der Waals surface area contributed by atoms with Crippen LogP contribution in [0.4, 0.5) is 4.79 Å². The summed E-state index contributed by atoms with van der Waals surface area (Å²) in [6.45, 7) is 6.45. The molecule has 3 nitrogen and oxygen atoms in total. The van der Waals surface area contributed by atoms with Crippen LogP contribution in [0.5, 0.6) is 0 Å². The molecule has 4 heteroatoms. The number of hydrogen-bond donors (Lipinski definition) is 0. The highest BCUT2D eigenvalue weighted by atomic mass is 79.9. The zero-order valence-electron chi connectivity index (χ0n) is 12.8. The van der Waals surface area contributed by atoms with Crippen LogP contribution in [0.2, 0.25) is 0 Å². The van der Waals surface area contributed by atoms with Crippen molar-refractivity contribution >= 4 is 28.1 Å². The minimum Gasteiger partial charge on any atom is -0.444 e. The summed E-state index contributed by atoms with van der Waals surface area (Å²) in [5.74, 6) is 0. The first-order valence-electron chi connectivity index (χ1n) is 7.28. The van der Waals surface area contributed by atoms with Crippen LogP contribution in [0.15, 0.2) is 34.8 Å². The van der Waals surface area contributed by atoms with Crippen LogP contribution in [0, 0.1) is 0 Å². The van der Waals surface area contributed by atoms with Crippen molar-refractivity contribution in [1.29, 1.82) is 0 Å². The number of carbonyl (C=O) groups excluding carboxylic acids is 1. The van der Waals surface area contributed by atoms with Crippen molar-refractivity contribution < 1.29 is 9.53 Å². The van der Waals surface area contributed by atoms with Crippen molar-refractivity contribution in [3.8, 4) is 0 Å². The molecule has 1 saturated heterocycles. The summed E-state index contributed by atoms with van der Waals surface area (Å²) < 4.78 is 6.52. The molecule has 1 aromatic carbocycles. The molecule has 1 aromatic rings. The summed E-state index contributed by atoms with van der Waals surface area (Å²) in [4.78, 5) is 14.0. The third-order valence-electron chi connectivity index (χ3n) is 3.29. The van der Waals surface area contributed by atoms with E-state index in [1.54, 1.807) is 0 Å². The summed E-state index contributed by atoms with van der Waals surface area (Å²) in [5.41, 5.74) is 0.679. The number of rotatable bonds is 2. The molecule has 1 heterocycles. The van der Waals surface area contributed by atoms with Crippen LogP contribution in [0.1, 0.15) is 39.2 Å². The molecule has 0 aromatic heterocycles. The lowest BCUT2D eigenvalue weighted by molar-refractivity contribution is 0.0256. The zero-order valence-corrected chi connectivity index (χ0v) is 14.4. The normalized spacial score (nSPS) is 19.2. The highest BCUT2D eigenvalue weighted by molar-refractivity contribution is 9.10. The van der Waals surface area contributed by atoms with E-state index in [-0.39, 0.29) is 12.1 Å². The Morgan fingerprint density at radius 2 is 2.19 bits per heavy atom. The van der Waals surface area contributed by atoms with Gasteiger partial charge in [0.1, 0.15) is 5.60 Å². The largest absolute Gasteiger partial charge is 0.444 e. The van der Waals surface area contributed by atoms with Crippen molar-refractivity contribution in [3.05, 3.63) is 40.4 Å². The number of benzene rings is 1. The van der Waals surface area contributed by atoms with Gasteiger partial charge < -0.3 is 9.64 Å². The van der Waals surface area contributed by atoms with E-state index >= 15 is 0 Å². The molecule has 2 rings (SSSR count). The Kier molecular flexibility index (Phi) is 5.09. The number of amides is 1. The average Bonchev–Trinajstić information content (AvgIpc) is 2.83. The molecular weight excluding hydrogens is 330 g/mol. The Morgan fingerprint density at radius 3 is 2.86 bits per heavy atom. The van der Waals surface area contributed by atoms with Gasteiger partial charge in [-0.25, -0.2) is 4.79 Å². The number of halogens is 1. The lowest BCUT2D eigenvalue weighted by atomic mass is 10.1. The molecule has 1 unspecified atom stereocenters. The van der Waals surface area contributed by atoms with Gasteiger partial charge in [0.05, 0.1) is 6.04 Å². The Labute approximate surface area is 135 Å². The topological polar surface area (TPSA) is 29.5 Å². The van der Waals surface area contributed by atoms with Crippen LogP contribution in [-0.4, -0.2) is 29.2 Å². The molecule has 0 spiro atoms. The summed E-state index contributed by atoms with van der Waals surface area (Å²) in [6.07, 6.45) is 5.96. The first kappa shape index (κ1) is 16.1. The molecular formula is C17H22BrNO2. The molecule has 0 aliphatic carbocycles. The molecule has 0 N–H and O–H groups in total. The molecule has 1 aliphatic heterocycles. The van der Waals surface area contributed by atoms with Crippen LogP contribution in [-0.2, 0) is 4.74 Å². The lowest BCUT2D eigenvalue weighted by Crippen LogP contribution is -2.39. The SMILES string of the molecule is CC(C)(C)OC(=O)N1CCCC1/C=C/c1cccc(Br)c1. The lowest BCUT2D eigenvalue weighted by Gasteiger charge is -2.27. The van der Waals surface area contributed by atoms with Gasteiger partial charge in [0, 0.05) is 11.0 Å². The van der Waals surface area contributed by atoms with Crippen LogP contribution < -0.4 is 0 Å². The molecule has 1 aliphatic rings. The van der Waals surface area contributed by atoms with Gasteiger partial charge in [-0.15, -0.1) is 0 Å². The van der Waals surface area contributed by atoms with Crippen molar-refractivity contribution in [2.24, 2.45) is 0 Å². The molecule has 114 valence electrons. The fourth-order valence-electron chi connectivity index (χ4n) is 2.37. The Morgan fingerprint density at radius 1 is 1.43 bits per heavy atom. The smallest absolute Gasteiger partial charge is 0.410 e. The number of nitrogens with zero attached hydrogens (tertiary/aromatic N) is 1. The van der Waals surface area contributed by atoms with E-state index < -0.39 is 5.60 Å². The van der Waals surface area contributed by atoms with Gasteiger partial charge in [-0.3, -0.25) is 0 Å². The molecule has 1 atom stereocenters. The number of likely N-dealkylation sites (tertiary alicyclic amines) is 1. The van der Waals surface area contributed by atoms with Gasteiger partial charge >= 0.3 is 6.09 Å². The van der Waals surface area contributed by atoms with Gasteiger partial charge in [0.15, 0.2) is 0 Å². The third kappa shape index (κ3) is 4.88. The van der Waals surface area contributed by atoms with E-state index in [0.29, 0.717) is 0 Å². The average molecular weight is 352 g/mol. The van der Waals surface area contributed by atoms with Gasteiger partial charge in [-0.05, 0) is 51.3 Å². The van der Waals surface area contributed by atoms with Crippen LogP contribution in [0.25, 0.3) is 6.08 Å². The summed E-state index contributed by atoms with van der Waals surface area (Å²) in [6, 6.07) is 8.24. The quantitative estimate of drug-likeness (QED) is 0.761. The van der Waals surface area contributed by atoms with Crippen LogP contribution >= 0.6 is 15.9 Å². The van der Waals surface area contributed by atoms with Crippen LogP contribution in [0.3, 0.4) is 0 Å². The van der Waals surface area contributed by atoms with Crippen molar-refractivity contribution in [3.63, 3.8) is 0 Å². The molecule has 21 heavy (non-hydrogen) atoms. The van der Waals surface area contributed by atoms with Gasteiger partial charge in [0.25, 0.3) is 0 Å². The summed E-state index contributed by atoms with van der Waals surface area (Å²) in [7, 11) is 0. The monoisotopic (exact) mass is 351 g/mol. The molecule has 0 saturated carbocycles. The second-order valence-corrected chi connectivity index (χ2v) is 7.21. The van der Waals surface area contributed by atoms with Crippen molar-refractivity contribution in [2.75, 3.05) is 6.54 Å². The van der Waals surface area contributed by atoms with E-state index in [9.17, 15) is 4.79 Å². The summed E-state index contributed by atoms with van der Waals surface area (Å²) >= 11 is 3.47. The predicted octanol–water partition coefficient (Wildman–Crippen LogP) is 4.86. The van der Waals surface area contributed by atoms with Gasteiger partial charge in [-0.2, -0.15) is 0 Å².